The van der Waals surface area contributed by atoms with Crippen molar-refractivity contribution in [3.63, 3.8) is 0 Å². The summed E-state index contributed by atoms with van der Waals surface area (Å²) in [4.78, 5) is 27.3. The van der Waals surface area contributed by atoms with E-state index in [1.165, 1.54) is 5.69 Å². The van der Waals surface area contributed by atoms with Crippen LogP contribution in [-0.4, -0.2) is 79.5 Å². The Labute approximate surface area is 256 Å². The van der Waals surface area contributed by atoms with Gasteiger partial charge in [0.1, 0.15) is 12.0 Å². The molecule has 2 atom stereocenters. The predicted molar refractivity (Wildman–Crippen MR) is 162 cm³/mol. The van der Waals surface area contributed by atoms with Gasteiger partial charge in [0.25, 0.3) is 0 Å². The van der Waals surface area contributed by atoms with Crippen LogP contribution in [0.2, 0.25) is 0 Å². The molecule has 0 bridgehead atoms. The lowest BCUT2D eigenvalue weighted by Crippen LogP contribution is -2.46. The van der Waals surface area contributed by atoms with Crippen LogP contribution < -0.4 is 19.7 Å². The van der Waals surface area contributed by atoms with Crippen molar-refractivity contribution in [2.24, 2.45) is 0 Å². The van der Waals surface area contributed by atoms with Crippen molar-refractivity contribution in [3.05, 3.63) is 71.0 Å². The van der Waals surface area contributed by atoms with Crippen molar-refractivity contribution < 1.29 is 27.4 Å². The average Bonchev–Trinajstić information content (AvgIpc) is 3.42. The highest BCUT2D eigenvalue weighted by molar-refractivity contribution is 5.70. The molecule has 2 aliphatic heterocycles. The molecule has 0 radical (unpaired) electrons. The zero-order chi connectivity index (χ0) is 31.3. The summed E-state index contributed by atoms with van der Waals surface area (Å²) in [6, 6.07) is 12.2. The number of carbonyl (C=O) groups excluding carboxylic acids is 1. The average molecular weight is 613 g/mol. The van der Waals surface area contributed by atoms with Crippen LogP contribution in [-0.2, 0) is 17.5 Å². The Morgan fingerprint density at radius 3 is 2.52 bits per heavy atom. The Morgan fingerprint density at radius 1 is 1.07 bits per heavy atom. The van der Waals surface area contributed by atoms with E-state index in [9.17, 15) is 18.0 Å². The maximum absolute atomic E-state index is 13.1. The number of nitrogens with zero attached hydrogens (tertiary/aromatic N) is 5. The first kappa shape index (κ1) is 31.5. The number of benzene rings is 2. The summed E-state index contributed by atoms with van der Waals surface area (Å²) in [6.45, 7) is 8.01. The van der Waals surface area contributed by atoms with Crippen molar-refractivity contribution in [2.45, 2.75) is 44.6 Å². The van der Waals surface area contributed by atoms with Crippen molar-refractivity contribution >= 4 is 17.9 Å². The van der Waals surface area contributed by atoms with E-state index in [2.05, 4.69) is 43.0 Å². The molecule has 0 spiro atoms. The van der Waals surface area contributed by atoms with Gasteiger partial charge in [-0.05, 0) is 60.3 Å². The zero-order valence-electron chi connectivity index (χ0n) is 25.3. The molecule has 12 heteroatoms. The van der Waals surface area contributed by atoms with Crippen LogP contribution in [0.4, 0.5) is 24.8 Å². The number of ether oxygens (including phenoxy) is 2. The van der Waals surface area contributed by atoms with E-state index in [0.717, 1.165) is 68.0 Å². The number of hydrogen-bond acceptors (Lipinski definition) is 9. The molecule has 2 aliphatic rings. The standard InChI is InChI=1S/C32H39F3N6O3/c1-4-39-15-17-40(18-16-39)26-8-5-7-23-24(26)20-41(27(23)21-42)25(22-10-11-28(43-2)29(19-22)44-3)9-6-13-36-31-37-14-12-30(38-31)32(33,34)35/h5,7-8,10-12,14,19,21,25,27H,4,6,9,13,15-18,20H2,1-3H3,(H,36,37,38)/t25-,27?/m1/s1. The SMILES string of the molecule is CCN1CCN(c2cccc3c2CN([C@H](CCCNc2nccc(C(F)(F)F)n2)c2ccc(OC)c(OC)c2)C3C=O)CC1. The highest BCUT2D eigenvalue weighted by Gasteiger charge is 2.38. The van der Waals surface area contributed by atoms with E-state index < -0.39 is 17.9 Å². The van der Waals surface area contributed by atoms with Crippen LogP contribution in [0.3, 0.4) is 0 Å². The summed E-state index contributed by atoms with van der Waals surface area (Å²) >= 11 is 0. The van der Waals surface area contributed by atoms with E-state index >= 15 is 0 Å². The fourth-order valence-electron chi connectivity index (χ4n) is 6.24. The molecule has 0 amide bonds. The summed E-state index contributed by atoms with van der Waals surface area (Å²) in [5, 5.41) is 2.93. The van der Waals surface area contributed by atoms with Gasteiger partial charge in [-0.1, -0.05) is 25.1 Å². The molecule has 0 saturated carbocycles. The maximum Gasteiger partial charge on any atom is 0.433 e. The summed E-state index contributed by atoms with van der Waals surface area (Å²) < 4.78 is 50.4. The van der Waals surface area contributed by atoms with Gasteiger partial charge in [0, 0.05) is 57.2 Å². The normalized spacial score (nSPS) is 18.1. The molecule has 0 aliphatic carbocycles. The zero-order valence-corrected chi connectivity index (χ0v) is 25.3. The third-order valence-electron chi connectivity index (χ3n) is 8.57. The van der Waals surface area contributed by atoms with Crippen LogP contribution in [0, 0.1) is 0 Å². The number of methoxy groups -OCH3 is 2. The number of anilines is 2. The Balaban J connectivity index is 1.39. The van der Waals surface area contributed by atoms with Crippen molar-refractivity contribution in [2.75, 3.05) is 63.7 Å². The molecule has 9 nitrogen and oxygen atoms in total. The first-order chi connectivity index (χ1) is 21.3. The molecule has 1 fully saturated rings. The third kappa shape index (κ3) is 6.76. The molecule has 44 heavy (non-hydrogen) atoms. The molecule has 1 unspecified atom stereocenters. The van der Waals surface area contributed by atoms with Gasteiger partial charge in [0.2, 0.25) is 5.95 Å². The van der Waals surface area contributed by atoms with Gasteiger partial charge in [-0.3, -0.25) is 4.90 Å². The molecule has 3 aromatic rings. The lowest BCUT2D eigenvalue weighted by Gasteiger charge is -2.36. The Kier molecular flexibility index (Phi) is 9.90. The van der Waals surface area contributed by atoms with Crippen molar-refractivity contribution in [3.8, 4) is 11.5 Å². The Hall–Kier alpha value is -3.90. The number of likely N-dealkylation sites (N-methyl/N-ethyl adjacent to an activating group) is 1. The van der Waals surface area contributed by atoms with Gasteiger partial charge in [-0.15, -0.1) is 0 Å². The first-order valence-electron chi connectivity index (χ1n) is 14.9. The smallest absolute Gasteiger partial charge is 0.433 e. The predicted octanol–water partition coefficient (Wildman–Crippen LogP) is 5.34. The van der Waals surface area contributed by atoms with E-state index in [-0.39, 0.29) is 12.0 Å². The number of alkyl halides is 3. The Bertz CT molecular complexity index is 1430. The minimum Gasteiger partial charge on any atom is -0.493 e. The second-order valence-electron chi connectivity index (χ2n) is 11.0. The third-order valence-corrected chi connectivity index (χ3v) is 8.57. The van der Waals surface area contributed by atoms with Gasteiger partial charge in [0.05, 0.1) is 20.3 Å². The van der Waals surface area contributed by atoms with Crippen molar-refractivity contribution in [1.82, 2.24) is 19.8 Å². The summed E-state index contributed by atoms with van der Waals surface area (Å²) in [5.74, 6) is 1.11. The first-order valence-corrected chi connectivity index (χ1v) is 14.9. The lowest BCUT2D eigenvalue weighted by molar-refractivity contribution is -0.141. The van der Waals surface area contributed by atoms with Crippen LogP contribution >= 0.6 is 0 Å². The second kappa shape index (κ2) is 13.8. The number of hydrogen-bond donors (Lipinski definition) is 1. The largest absolute Gasteiger partial charge is 0.493 e. The number of fused-ring (bicyclic) bond motifs is 1. The minimum atomic E-state index is -4.55. The minimum absolute atomic E-state index is 0.0744. The number of nitrogens with one attached hydrogen (secondary N) is 1. The molecule has 236 valence electrons. The number of carbonyl (C=O) groups is 1. The second-order valence-corrected chi connectivity index (χ2v) is 11.0. The lowest BCUT2D eigenvalue weighted by atomic mass is 9.98. The molecule has 2 aromatic carbocycles. The van der Waals surface area contributed by atoms with Gasteiger partial charge in [-0.25, -0.2) is 9.97 Å². The van der Waals surface area contributed by atoms with E-state index in [1.807, 2.05) is 30.3 Å². The number of aromatic nitrogens is 2. The molecule has 1 N–H and O–H groups in total. The fourth-order valence-corrected chi connectivity index (χ4v) is 6.24. The number of rotatable bonds is 12. The summed E-state index contributed by atoms with van der Waals surface area (Å²) in [5.41, 5.74) is 3.30. The molecule has 5 rings (SSSR count). The van der Waals surface area contributed by atoms with Gasteiger partial charge < -0.3 is 29.4 Å². The van der Waals surface area contributed by atoms with E-state index in [0.29, 0.717) is 37.4 Å². The van der Waals surface area contributed by atoms with Gasteiger partial charge in [-0.2, -0.15) is 13.2 Å². The van der Waals surface area contributed by atoms with Crippen LogP contribution in [0.1, 0.15) is 54.2 Å². The maximum atomic E-state index is 13.1. The van der Waals surface area contributed by atoms with Gasteiger partial charge in [0.15, 0.2) is 11.5 Å². The number of halogens is 3. The van der Waals surface area contributed by atoms with Crippen molar-refractivity contribution in [1.29, 1.82) is 0 Å². The van der Waals surface area contributed by atoms with Gasteiger partial charge >= 0.3 is 6.18 Å². The molecule has 1 saturated heterocycles. The van der Waals surface area contributed by atoms with Crippen LogP contribution in [0.5, 0.6) is 11.5 Å². The molecular formula is C32H39F3N6O3. The monoisotopic (exact) mass is 612 g/mol. The van der Waals surface area contributed by atoms with Crippen LogP contribution in [0.15, 0.2) is 48.7 Å². The Morgan fingerprint density at radius 2 is 1.84 bits per heavy atom. The quantitative estimate of drug-likeness (QED) is 0.215. The highest BCUT2D eigenvalue weighted by atomic mass is 19.4. The number of aldehydes is 1. The molecule has 1 aromatic heterocycles. The number of piperazine rings is 1. The van der Waals surface area contributed by atoms with Crippen LogP contribution in [0.25, 0.3) is 0 Å². The topological polar surface area (TPSA) is 83.1 Å². The fraction of sp³-hybridized carbons (Fsp3) is 0.469. The summed E-state index contributed by atoms with van der Waals surface area (Å²) in [6.07, 6.45) is -1.24. The molecule has 3 heterocycles. The summed E-state index contributed by atoms with van der Waals surface area (Å²) in [7, 11) is 3.16. The van der Waals surface area contributed by atoms with E-state index in [1.54, 1.807) is 14.2 Å². The van der Waals surface area contributed by atoms with E-state index in [4.69, 9.17) is 9.47 Å². The highest BCUT2D eigenvalue weighted by Crippen LogP contribution is 2.45. The molecular weight excluding hydrogens is 573 g/mol.